The molecule has 0 saturated carbocycles. The van der Waals surface area contributed by atoms with Crippen LogP contribution < -0.4 is 0 Å². The molecule has 0 N–H and O–H groups in total. The Bertz CT molecular complexity index is 867. The first-order valence-corrected chi connectivity index (χ1v) is 9.20. The van der Waals surface area contributed by atoms with Gasteiger partial charge in [-0.1, -0.05) is 20.8 Å². The van der Waals surface area contributed by atoms with Gasteiger partial charge in [0.15, 0.2) is 0 Å². The summed E-state index contributed by atoms with van der Waals surface area (Å²) < 4.78 is 3.02. The zero-order chi connectivity index (χ0) is 15.7. The van der Waals surface area contributed by atoms with Gasteiger partial charge < -0.3 is 0 Å². The van der Waals surface area contributed by atoms with Crippen molar-refractivity contribution in [1.29, 1.82) is 0 Å². The lowest BCUT2D eigenvalue weighted by Gasteiger charge is -2.24. The summed E-state index contributed by atoms with van der Waals surface area (Å²) in [5.41, 5.74) is 6.18. The number of benzene rings is 1. The van der Waals surface area contributed by atoms with Crippen molar-refractivity contribution in [3.63, 3.8) is 0 Å². The number of hydrogen-bond acceptors (Lipinski definition) is 2. The minimum absolute atomic E-state index is 0.178. The molecule has 0 unspecified atom stereocenters. The summed E-state index contributed by atoms with van der Waals surface area (Å²) in [5.74, 6) is 0. The standard InChI is InChI=1S/C19H24S2/c1-9-12(4)20-17-14(9)11(3)16(19(6,7)8)15-10(2)13(5)21-18(15)17/h1-8H3. The van der Waals surface area contributed by atoms with Crippen LogP contribution in [0.5, 0.6) is 0 Å². The molecule has 0 bridgehead atoms. The molecule has 2 aromatic heterocycles. The normalized spacial score (nSPS) is 12.8. The van der Waals surface area contributed by atoms with Crippen LogP contribution in [0.3, 0.4) is 0 Å². The highest BCUT2D eigenvalue weighted by molar-refractivity contribution is 7.27. The Balaban J connectivity index is 2.70. The van der Waals surface area contributed by atoms with E-state index in [0.29, 0.717) is 0 Å². The van der Waals surface area contributed by atoms with Gasteiger partial charge in [0.25, 0.3) is 0 Å². The summed E-state index contributed by atoms with van der Waals surface area (Å²) in [5, 5.41) is 3.03. The number of thiophene rings is 2. The largest absolute Gasteiger partial charge is 0.139 e. The van der Waals surface area contributed by atoms with Crippen LogP contribution in [0.25, 0.3) is 20.2 Å². The molecule has 112 valence electrons. The molecule has 2 heterocycles. The highest BCUT2D eigenvalue weighted by Crippen LogP contribution is 2.48. The molecule has 0 aliphatic heterocycles. The highest BCUT2D eigenvalue weighted by Gasteiger charge is 2.26. The van der Waals surface area contributed by atoms with Gasteiger partial charge in [-0.25, -0.2) is 0 Å². The predicted octanol–water partition coefficient (Wildman–Crippen LogP) is 6.96. The van der Waals surface area contributed by atoms with Gasteiger partial charge in [-0.2, -0.15) is 0 Å². The third-order valence-electron chi connectivity index (χ3n) is 4.73. The monoisotopic (exact) mass is 316 g/mol. The fourth-order valence-corrected chi connectivity index (χ4v) is 6.10. The van der Waals surface area contributed by atoms with E-state index in [9.17, 15) is 0 Å². The van der Waals surface area contributed by atoms with E-state index in [0.717, 1.165) is 0 Å². The molecule has 0 saturated heterocycles. The first kappa shape index (κ1) is 15.1. The Hall–Kier alpha value is -0.860. The van der Waals surface area contributed by atoms with Crippen molar-refractivity contribution in [1.82, 2.24) is 0 Å². The first-order chi connectivity index (χ1) is 9.64. The van der Waals surface area contributed by atoms with Crippen LogP contribution >= 0.6 is 22.7 Å². The van der Waals surface area contributed by atoms with Crippen LogP contribution in [0, 0.1) is 34.6 Å². The number of fused-ring (bicyclic) bond motifs is 3. The topological polar surface area (TPSA) is 0 Å². The van der Waals surface area contributed by atoms with E-state index >= 15 is 0 Å². The van der Waals surface area contributed by atoms with E-state index in [1.54, 1.807) is 5.56 Å². The molecule has 0 atom stereocenters. The fraction of sp³-hybridized carbons (Fsp3) is 0.474. The molecule has 0 aliphatic carbocycles. The van der Waals surface area contributed by atoms with E-state index < -0.39 is 0 Å². The summed E-state index contributed by atoms with van der Waals surface area (Å²) in [6.07, 6.45) is 0. The van der Waals surface area contributed by atoms with E-state index in [4.69, 9.17) is 0 Å². The Kier molecular flexibility index (Phi) is 3.27. The van der Waals surface area contributed by atoms with E-state index in [-0.39, 0.29) is 5.41 Å². The summed E-state index contributed by atoms with van der Waals surface area (Å²) in [6, 6.07) is 0. The third kappa shape index (κ3) is 1.99. The van der Waals surface area contributed by atoms with Crippen molar-refractivity contribution in [3.05, 3.63) is 32.0 Å². The SMILES string of the molecule is Cc1sc2c(c1C)c(C)c(C(C)(C)C)c1c(C)c(C)sc12. The number of aryl methyl sites for hydroxylation is 5. The van der Waals surface area contributed by atoms with Crippen LogP contribution in [-0.4, -0.2) is 0 Å². The Morgan fingerprint density at radius 3 is 1.52 bits per heavy atom. The lowest BCUT2D eigenvalue weighted by atomic mass is 9.79. The summed E-state index contributed by atoms with van der Waals surface area (Å²) in [4.78, 5) is 2.93. The van der Waals surface area contributed by atoms with Gasteiger partial charge in [0.1, 0.15) is 0 Å². The molecule has 21 heavy (non-hydrogen) atoms. The predicted molar refractivity (Wildman–Crippen MR) is 99.6 cm³/mol. The highest BCUT2D eigenvalue weighted by atomic mass is 32.1. The molecule has 0 fully saturated rings. The smallest absolute Gasteiger partial charge is 0.0530 e. The second kappa shape index (κ2) is 4.57. The van der Waals surface area contributed by atoms with Crippen LogP contribution in [0.2, 0.25) is 0 Å². The maximum Gasteiger partial charge on any atom is 0.0530 e. The Morgan fingerprint density at radius 2 is 1.05 bits per heavy atom. The second-order valence-corrected chi connectivity index (χ2v) is 9.67. The molecule has 0 radical (unpaired) electrons. The zero-order valence-electron chi connectivity index (χ0n) is 14.3. The van der Waals surface area contributed by atoms with Gasteiger partial charge in [0.2, 0.25) is 0 Å². The van der Waals surface area contributed by atoms with Crippen molar-refractivity contribution in [2.75, 3.05) is 0 Å². The van der Waals surface area contributed by atoms with Crippen molar-refractivity contribution < 1.29 is 0 Å². The quantitative estimate of drug-likeness (QED) is 0.420. The maximum absolute atomic E-state index is 2.35. The molecular formula is C19H24S2. The summed E-state index contributed by atoms with van der Waals surface area (Å²) >= 11 is 3.95. The second-order valence-electron chi connectivity index (χ2n) is 7.22. The van der Waals surface area contributed by atoms with Gasteiger partial charge >= 0.3 is 0 Å². The minimum Gasteiger partial charge on any atom is -0.139 e. The summed E-state index contributed by atoms with van der Waals surface area (Å²) in [6.45, 7) is 18.5. The zero-order valence-corrected chi connectivity index (χ0v) is 15.9. The van der Waals surface area contributed by atoms with E-state index in [2.05, 4.69) is 55.4 Å². The average Bonchev–Trinajstić information content (AvgIpc) is 2.80. The lowest BCUT2D eigenvalue weighted by Crippen LogP contribution is -2.14. The van der Waals surface area contributed by atoms with Gasteiger partial charge in [-0.05, 0) is 62.3 Å². The molecule has 0 aliphatic rings. The molecule has 3 aromatic rings. The van der Waals surface area contributed by atoms with Crippen molar-refractivity contribution in [2.45, 2.75) is 60.8 Å². The Morgan fingerprint density at radius 1 is 0.619 bits per heavy atom. The Labute approximate surface area is 135 Å². The molecule has 0 nitrogen and oxygen atoms in total. The van der Waals surface area contributed by atoms with Crippen LogP contribution in [0.15, 0.2) is 0 Å². The van der Waals surface area contributed by atoms with Gasteiger partial charge in [-0.15, -0.1) is 22.7 Å². The minimum atomic E-state index is 0.178. The van der Waals surface area contributed by atoms with Crippen molar-refractivity contribution in [2.24, 2.45) is 0 Å². The van der Waals surface area contributed by atoms with Gasteiger partial charge in [-0.3, -0.25) is 0 Å². The van der Waals surface area contributed by atoms with Crippen LogP contribution in [0.1, 0.15) is 52.8 Å². The average molecular weight is 317 g/mol. The molecule has 2 heteroatoms. The third-order valence-corrected chi connectivity index (χ3v) is 7.31. The first-order valence-electron chi connectivity index (χ1n) is 7.57. The van der Waals surface area contributed by atoms with Gasteiger partial charge in [0.05, 0.1) is 9.40 Å². The molecule has 3 rings (SSSR count). The van der Waals surface area contributed by atoms with Crippen LogP contribution in [0.4, 0.5) is 0 Å². The molecule has 0 amide bonds. The lowest BCUT2D eigenvalue weighted by molar-refractivity contribution is 0.593. The summed E-state index contributed by atoms with van der Waals surface area (Å²) in [7, 11) is 0. The van der Waals surface area contributed by atoms with Crippen LogP contribution in [-0.2, 0) is 5.41 Å². The number of hydrogen-bond donors (Lipinski definition) is 0. The molecular weight excluding hydrogens is 292 g/mol. The fourth-order valence-electron chi connectivity index (χ4n) is 3.58. The molecule has 1 aromatic carbocycles. The number of rotatable bonds is 0. The van der Waals surface area contributed by atoms with Crippen molar-refractivity contribution in [3.8, 4) is 0 Å². The van der Waals surface area contributed by atoms with E-state index in [1.165, 1.54) is 46.6 Å². The molecule has 0 spiro atoms. The van der Waals surface area contributed by atoms with Gasteiger partial charge in [0, 0.05) is 20.5 Å². The van der Waals surface area contributed by atoms with Crippen molar-refractivity contribution >= 4 is 42.8 Å². The maximum atomic E-state index is 2.35. The van der Waals surface area contributed by atoms with E-state index in [1.807, 2.05) is 22.7 Å².